The molecule has 2 rings (SSSR count). The maximum Gasteiger partial charge on any atom is 0.249 e. The van der Waals surface area contributed by atoms with Crippen LogP contribution in [0.2, 0.25) is 0 Å². The quantitative estimate of drug-likeness (QED) is 0.831. The average Bonchev–Trinajstić information content (AvgIpc) is 2.37. The summed E-state index contributed by atoms with van der Waals surface area (Å²) in [5.74, 6) is -0.960. The van der Waals surface area contributed by atoms with Gasteiger partial charge in [-0.25, -0.2) is 4.39 Å². The molecule has 0 fully saturated rings. The van der Waals surface area contributed by atoms with E-state index in [2.05, 4.69) is 21.2 Å². The summed E-state index contributed by atoms with van der Waals surface area (Å²) in [4.78, 5) is 11.7. The van der Waals surface area contributed by atoms with Gasteiger partial charge in [0.05, 0.1) is 0 Å². The van der Waals surface area contributed by atoms with E-state index in [1.54, 1.807) is 30.3 Å². The van der Waals surface area contributed by atoms with Crippen molar-refractivity contribution in [3.63, 3.8) is 0 Å². The highest BCUT2D eigenvalue weighted by Crippen LogP contribution is 2.20. The Morgan fingerprint density at radius 1 is 1.20 bits per heavy atom. The number of thiocarbonyl (C=S) groups is 1. The zero-order chi connectivity index (χ0) is 14.7. The molecule has 0 aromatic heterocycles. The topological polar surface area (TPSA) is 55.1 Å². The maximum absolute atomic E-state index is 13.3. The lowest BCUT2D eigenvalue weighted by molar-refractivity contribution is 0.1000. The summed E-state index contributed by atoms with van der Waals surface area (Å²) >= 11 is 8.44. The number of carbonyl (C=O) groups is 1. The molecule has 2 aromatic rings. The molecule has 0 atom stereocenters. The average molecular weight is 353 g/mol. The Balaban J connectivity index is 2.31. The normalized spacial score (nSPS) is 10.1. The first-order valence-electron chi connectivity index (χ1n) is 5.63. The number of rotatable bonds is 3. The van der Waals surface area contributed by atoms with Crippen molar-refractivity contribution < 1.29 is 9.18 Å². The van der Waals surface area contributed by atoms with Crippen LogP contribution in [0.15, 0.2) is 46.9 Å². The first kappa shape index (κ1) is 14.6. The van der Waals surface area contributed by atoms with Crippen molar-refractivity contribution in [3.8, 4) is 0 Å². The minimum absolute atomic E-state index is 0.303. The summed E-state index contributed by atoms with van der Waals surface area (Å²) in [5.41, 5.74) is 6.62. The highest BCUT2D eigenvalue weighted by Gasteiger charge is 2.12. The Kier molecular flexibility index (Phi) is 4.46. The van der Waals surface area contributed by atoms with Crippen molar-refractivity contribution in [1.82, 2.24) is 0 Å². The van der Waals surface area contributed by atoms with Crippen LogP contribution in [0.4, 0.5) is 10.1 Å². The third kappa shape index (κ3) is 3.40. The molecule has 0 aliphatic carbocycles. The van der Waals surface area contributed by atoms with Crippen LogP contribution < -0.4 is 11.1 Å². The van der Waals surface area contributed by atoms with Gasteiger partial charge in [0.25, 0.3) is 0 Å². The molecule has 2 aromatic carbocycles. The highest BCUT2D eigenvalue weighted by atomic mass is 79.9. The Bertz CT molecular complexity index is 670. The molecule has 0 saturated heterocycles. The number of benzene rings is 2. The number of nitrogens with one attached hydrogen (secondary N) is 1. The molecule has 0 bridgehead atoms. The maximum atomic E-state index is 13.3. The number of carbonyl (C=O) groups excluding carboxylic acids is 1. The molecule has 0 aliphatic rings. The lowest BCUT2D eigenvalue weighted by atomic mass is 10.1. The van der Waals surface area contributed by atoms with E-state index in [0.717, 1.165) is 0 Å². The van der Waals surface area contributed by atoms with E-state index in [1.807, 2.05) is 0 Å². The van der Waals surface area contributed by atoms with Crippen LogP contribution in [0.3, 0.4) is 0 Å². The predicted molar refractivity (Wildman–Crippen MR) is 84.4 cm³/mol. The number of nitrogens with two attached hydrogens (primary N) is 1. The van der Waals surface area contributed by atoms with Crippen molar-refractivity contribution in [2.75, 3.05) is 5.32 Å². The molecule has 3 N–H and O–H groups in total. The van der Waals surface area contributed by atoms with Crippen LogP contribution in [-0.4, -0.2) is 10.9 Å². The summed E-state index contributed by atoms with van der Waals surface area (Å²) in [6.07, 6.45) is 0. The van der Waals surface area contributed by atoms with Crippen molar-refractivity contribution in [2.24, 2.45) is 5.73 Å². The van der Waals surface area contributed by atoms with E-state index in [-0.39, 0.29) is 0 Å². The number of hydrogen-bond acceptors (Lipinski definition) is 2. The van der Waals surface area contributed by atoms with E-state index in [9.17, 15) is 9.18 Å². The fourth-order valence-corrected chi connectivity index (χ4v) is 2.48. The lowest BCUT2D eigenvalue weighted by Gasteiger charge is -2.11. The highest BCUT2D eigenvalue weighted by molar-refractivity contribution is 9.10. The summed E-state index contributed by atoms with van der Waals surface area (Å²) in [7, 11) is 0. The number of primary amides is 1. The van der Waals surface area contributed by atoms with E-state index in [4.69, 9.17) is 18.0 Å². The van der Waals surface area contributed by atoms with Crippen LogP contribution in [-0.2, 0) is 0 Å². The van der Waals surface area contributed by atoms with Crippen LogP contribution >= 0.6 is 28.1 Å². The van der Waals surface area contributed by atoms with Crippen molar-refractivity contribution >= 4 is 44.7 Å². The molecule has 20 heavy (non-hydrogen) atoms. The molecule has 0 radical (unpaired) electrons. The third-order valence-electron chi connectivity index (χ3n) is 2.56. The smallest absolute Gasteiger partial charge is 0.249 e. The van der Waals surface area contributed by atoms with Gasteiger partial charge >= 0.3 is 0 Å². The van der Waals surface area contributed by atoms with Gasteiger partial charge < -0.3 is 11.1 Å². The molecule has 0 unspecified atom stereocenters. The molecular formula is C14H10BrFN2OS. The molecule has 0 spiro atoms. The number of halogens is 2. The van der Waals surface area contributed by atoms with Gasteiger partial charge in [-0.2, -0.15) is 0 Å². The summed E-state index contributed by atoms with van der Waals surface area (Å²) in [5, 5.41) is 2.89. The van der Waals surface area contributed by atoms with E-state index in [1.165, 1.54) is 12.1 Å². The number of anilines is 1. The number of hydrogen-bond donors (Lipinski definition) is 2. The number of amides is 1. The molecule has 102 valence electrons. The Labute approximate surface area is 129 Å². The van der Waals surface area contributed by atoms with Crippen LogP contribution in [0, 0.1) is 5.82 Å². The Morgan fingerprint density at radius 3 is 2.45 bits per heavy atom. The Hall–Kier alpha value is -1.79. The van der Waals surface area contributed by atoms with Gasteiger partial charge in [0.15, 0.2) is 0 Å². The van der Waals surface area contributed by atoms with Gasteiger partial charge in [-0.3, -0.25) is 4.79 Å². The van der Waals surface area contributed by atoms with Crippen molar-refractivity contribution in [2.45, 2.75) is 0 Å². The van der Waals surface area contributed by atoms with Gasteiger partial charge in [-0.15, -0.1) is 0 Å². The monoisotopic (exact) mass is 352 g/mol. The zero-order valence-corrected chi connectivity index (χ0v) is 12.6. The van der Waals surface area contributed by atoms with Gasteiger partial charge in [0.2, 0.25) is 5.91 Å². The molecule has 1 amide bonds. The minimum Gasteiger partial charge on any atom is -0.366 e. The molecule has 0 heterocycles. The molecular weight excluding hydrogens is 343 g/mol. The van der Waals surface area contributed by atoms with Gasteiger partial charge in [-0.05, 0) is 24.3 Å². The fourth-order valence-electron chi connectivity index (χ4n) is 1.72. The molecule has 3 nitrogen and oxygen atoms in total. The molecule has 0 aliphatic heterocycles. The van der Waals surface area contributed by atoms with E-state index in [0.29, 0.717) is 26.3 Å². The summed E-state index contributed by atoms with van der Waals surface area (Å²) in [6, 6.07) is 11.1. The second-order valence-electron chi connectivity index (χ2n) is 4.02. The first-order chi connectivity index (χ1) is 9.47. The second kappa shape index (κ2) is 6.11. The first-order valence-corrected chi connectivity index (χ1v) is 6.84. The SMILES string of the molecule is NC(=O)c1ccccc1C(=S)Nc1cc(F)cc(Br)c1. The Morgan fingerprint density at radius 2 is 1.85 bits per heavy atom. The zero-order valence-electron chi connectivity index (χ0n) is 10.2. The standard InChI is InChI=1S/C14H10BrFN2OS/c15-8-5-9(16)7-10(6-8)18-14(20)12-4-2-1-3-11(12)13(17)19/h1-7H,(H2,17,19)(H,18,20). The summed E-state index contributed by atoms with van der Waals surface area (Å²) in [6.45, 7) is 0. The summed E-state index contributed by atoms with van der Waals surface area (Å²) < 4.78 is 13.9. The lowest BCUT2D eigenvalue weighted by Crippen LogP contribution is -2.19. The van der Waals surface area contributed by atoms with Crippen molar-refractivity contribution in [3.05, 3.63) is 63.9 Å². The van der Waals surface area contributed by atoms with Gasteiger partial charge in [-0.1, -0.05) is 46.3 Å². The van der Waals surface area contributed by atoms with E-state index >= 15 is 0 Å². The fraction of sp³-hybridized carbons (Fsp3) is 0. The van der Waals surface area contributed by atoms with Crippen molar-refractivity contribution in [1.29, 1.82) is 0 Å². The molecule has 0 saturated carbocycles. The van der Waals surface area contributed by atoms with Crippen LogP contribution in [0.1, 0.15) is 15.9 Å². The largest absolute Gasteiger partial charge is 0.366 e. The second-order valence-corrected chi connectivity index (χ2v) is 5.35. The van der Waals surface area contributed by atoms with E-state index < -0.39 is 11.7 Å². The van der Waals surface area contributed by atoms with Gasteiger partial charge in [0, 0.05) is 21.3 Å². The third-order valence-corrected chi connectivity index (χ3v) is 3.34. The minimum atomic E-state index is -0.565. The van der Waals surface area contributed by atoms with Crippen LogP contribution in [0.5, 0.6) is 0 Å². The van der Waals surface area contributed by atoms with Gasteiger partial charge in [0.1, 0.15) is 10.8 Å². The predicted octanol–water partition coefficient (Wildman–Crippen LogP) is 3.47. The molecule has 6 heteroatoms. The van der Waals surface area contributed by atoms with Crippen LogP contribution in [0.25, 0.3) is 0 Å².